The van der Waals surface area contributed by atoms with E-state index in [0.717, 1.165) is 42.5 Å². The summed E-state index contributed by atoms with van der Waals surface area (Å²) in [5, 5.41) is 7.70. The predicted molar refractivity (Wildman–Crippen MR) is 87.5 cm³/mol. The number of rotatable bonds is 3. The maximum atomic E-state index is 14.1. The van der Waals surface area contributed by atoms with Crippen LogP contribution >= 0.6 is 11.3 Å². The van der Waals surface area contributed by atoms with Crippen molar-refractivity contribution in [3.8, 4) is 0 Å². The number of hydrogen-bond donors (Lipinski definition) is 1. The fourth-order valence-corrected chi connectivity index (χ4v) is 4.16. The number of benzene rings is 1. The first-order valence-electron chi connectivity index (χ1n) is 7.40. The van der Waals surface area contributed by atoms with Crippen LogP contribution in [0.1, 0.15) is 40.7 Å². The number of carbonyl (C=O) groups is 1. The number of primary sulfonamides is 1. The van der Waals surface area contributed by atoms with Crippen molar-refractivity contribution in [2.24, 2.45) is 5.14 Å². The Morgan fingerprint density at radius 2 is 2.17 bits per heavy atom. The maximum absolute atomic E-state index is 14.1. The van der Waals surface area contributed by atoms with E-state index in [1.165, 1.54) is 11.3 Å². The molecule has 1 aromatic carbocycles. The van der Waals surface area contributed by atoms with Gasteiger partial charge in [-0.2, -0.15) is 0 Å². The van der Waals surface area contributed by atoms with Crippen LogP contribution in [0.25, 0.3) is 0 Å². The fourth-order valence-electron chi connectivity index (χ4n) is 2.83. The lowest BCUT2D eigenvalue weighted by atomic mass is 10.0. The first kappa shape index (κ1) is 17.0. The van der Waals surface area contributed by atoms with E-state index in [1.54, 1.807) is 11.1 Å². The van der Waals surface area contributed by atoms with E-state index in [2.05, 4.69) is 4.98 Å². The maximum Gasteiger partial charge on any atom is 0.257 e. The molecule has 9 heteroatoms. The van der Waals surface area contributed by atoms with Crippen LogP contribution in [0.2, 0.25) is 0 Å². The van der Waals surface area contributed by atoms with Gasteiger partial charge in [-0.3, -0.25) is 4.79 Å². The first-order chi connectivity index (χ1) is 11.4. The van der Waals surface area contributed by atoms with Crippen LogP contribution in [0, 0.1) is 5.82 Å². The zero-order valence-electron chi connectivity index (χ0n) is 12.7. The number of nitrogens with zero attached hydrogens (tertiary/aromatic N) is 2. The molecule has 0 radical (unpaired) electrons. The molecular formula is C15H16FN3O3S2. The highest BCUT2D eigenvalue weighted by atomic mass is 32.2. The van der Waals surface area contributed by atoms with E-state index < -0.39 is 21.7 Å². The third-order valence-electron chi connectivity index (χ3n) is 4.00. The van der Waals surface area contributed by atoms with Gasteiger partial charge in [0.2, 0.25) is 10.0 Å². The number of sulfonamides is 1. The van der Waals surface area contributed by atoms with Crippen LogP contribution < -0.4 is 5.14 Å². The Balaban J connectivity index is 1.98. The summed E-state index contributed by atoms with van der Waals surface area (Å²) in [6, 6.07) is 2.79. The molecule has 0 spiro atoms. The molecule has 1 unspecified atom stereocenters. The fraction of sp³-hybridized carbons (Fsp3) is 0.333. The van der Waals surface area contributed by atoms with Gasteiger partial charge >= 0.3 is 0 Å². The summed E-state index contributed by atoms with van der Waals surface area (Å²) in [7, 11) is -4.01. The Bertz CT molecular complexity index is 853. The smallest absolute Gasteiger partial charge is 0.257 e. The lowest BCUT2D eigenvalue weighted by molar-refractivity contribution is 0.0606. The van der Waals surface area contributed by atoms with Crippen molar-refractivity contribution < 1.29 is 17.6 Å². The Morgan fingerprint density at radius 1 is 1.38 bits per heavy atom. The highest BCUT2D eigenvalue weighted by Crippen LogP contribution is 2.33. The minimum absolute atomic E-state index is 0.219. The van der Waals surface area contributed by atoms with Gasteiger partial charge in [-0.25, -0.2) is 22.9 Å². The van der Waals surface area contributed by atoms with Gasteiger partial charge in [0.25, 0.3) is 5.91 Å². The molecule has 0 bridgehead atoms. The molecule has 6 nitrogen and oxygen atoms in total. The van der Waals surface area contributed by atoms with Gasteiger partial charge in [0, 0.05) is 18.1 Å². The Morgan fingerprint density at radius 3 is 2.83 bits per heavy atom. The Kier molecular flexibility index (Phi) is 4.66. The average molecular weight is 369 g/mol. The molecule has 128 valence electrons. The van der Waals surface area contributed by atoms with E-state index in [1.807, 2.05) is 5.38 Å². The number of hydrogen-bond acceptors (Lipinski definition) is 5. The zero-order chi connectivity index (χ0) is 17.3. The lowest BCUT2D eigenvalue weighted by Crippen LogP contribution is -2.39. The van der Waals surface area contributed by atoms with Gasteiger partial charge < -0.3 is 4.90 Å². The summed E-state index contributed by atoms with van der Waals surface area (Å²) in [6.45, 7) is 0.474. The molecule has 1 atom stereocenters. The third kappa shape index (κ3) is 3.33. The number of thiazole rings is 1. The van der Waals surface area contributed by atoms with Gasteiger partial charge in [0.15, 0.2) is 0 Å². The second-order valence-corrected chi connectivity index (χ2v) is 8.05. The van der Waals surface area contributed by atoms with Gasteiger partial charge in [0.05, 0.1) is 16.5 Å². The molecule has 1 fully saturated rings. The minimum atomic E-state index is -4.01. The van der Waals surface area contributed by atoms with Gasteiger partial charge in [-0.1, -0.05) is 0 Å². The number of carbonyl (C=O) groups excluding carboxylic acids is 1. The van der Waals surface area contributed by atoms with Crippen LogP contribution in [-0.4, -0.2) is 30.8 Å². The van der Waals surface area contributed by atoms with Crippen molar-refractivity contribution in [3.05, 3.63) is 46.2 Å². The minimum Gasteiger partial charge on any atom is -0.329 e. The standard InChI is InChI=1S/C15H16FN3O3S2/c16-12-5-4-10(24(17,21)22)9-11(12)15(20)19-7-2-1-3-13(19)14-18-6-8-23-14/h4-6,8-9,13H,1-3,7H2,(H2,17,21,22). The summed E-state index contributed by atoms with van der Waals surface area (Å²) in [4.78, 5) is 18.4. The van der Waals surface area contributed by atoms with Crippen molar-refractivity contribution in [2.45, 2.75) is 30.2 Å². The van der Waals surface area contributed by atoms with Crippen LogP contribution in [0.15, 0.2) is 34.7 Å². The molecule has 1 aliphatic rings. The lowest BCUT2D eigenvalue weighted by Gasteiger charge is -2.34. The largest absolute Gasteiger partial charge is 0.329 e. The third-order valence-corrected chi connectivity index (χ3v) is 5.78. The molecule has 0 aliphatic carbocycles. The van der Waals surface area contributed by atoms with E-state index >= 15 is 0 Å². The van der Waals surface area contributed by atoms with E-state index in [9.17, 15) is 17.6 Å². The number of nitrogens with two attached hydrogens (primary N) is 1. The molecule has 0 saturated carbocycles. The molecule has 2 N–H and O–H groups in total. The van der Waals surface area contributed by atoms with Crippen molar-refractivity contribution in [2.75, 3.05) is 6.54 Å². The molecular weight excluding hydrogens is 353 g/mol. The van der Waals surface area contributed by atoms with Crippen LogP contribution in [0.4, 0.5) is 4.39 Å². The van der Waals surface area contributed by atoms with Gasteiger partial charge in [-0.05, 0) is 37.5 Å². The number of aromatic nitrogens is 1. The van der Waals surface area contributed by atoms with Gasteiger partial charge in [-0.15, -0.1) is 11.3 Å². The average Bonchev–Trinajstić information content (AvgIpc) is 3.08. The molecule has 2 aromatic rings. The molecule has 1 aromatic heterocycles. The van der Waals surface area contributed by atoms with E-state index in [4.69, 9.17) is 5.14 Å². The Labute approximate surface area is 143 Å². The summed E-state index contributed by atoms with van der Waals surface area (Å²) >= 11 is 1.44. The number of piperidine rings is 1. The van der Waals surface area contributed by atoms with Crippen LogP contribution in [0.5, 0.6) is 0 Å². The van der Waals surface area contributed by atoms with E-state index in [-0.39, 0.29) is 16.5 Å². The van der Waals surface area contributed by atoms with E-state index in [0.29, 0.717) is 6.54 Å². The first-order valence-corrected chi connectivity index (χ1v) is 9.83. The molecule has 1 saturated heterocycles. The summed E-state index contributed by atoms with van der Waals surface area (Å²) < 4.78 is 37.1. The van der Waals surface area contributed by atoms with Crippen molar-refractivity contribution in [1.82, 2.24) is 9.88 Å². The van der Waals surface area contributed by atoms with Crippen molar-refractivity contribution in [1.29, 1.82) is 0 Å². The SMILES string of the molecule is NS(=O)(=O)c1ccc(F)c(C(=O)N2CCCCC2c2nccs2)c1. The second-order valence-electron chi connectivity index (χ2n) is 5.57. The molecule has 1 aliphatic heterocycles. The second kappa shape index (κ2) is 6.58. The quantitative estimate of drug-likeness (QED) is 0.898. The highest BCUT2D eigenvalue weighted by Gasteiger charge is 2.32. The van der Waals surface area contributed by atoms with Gasteiger partial charge in [0.1, 0.15) is 10.8 Å². The number of halogens is 1. The number of likely N-dealkylation sites (tertiary alicyclic amines) is 1. The van der Waals surface area contributed by atoms with Crippen molar-refractivity contribution >= 4 is 27.3 Å². The van der Waals surface area contributed by atoms with Crippen LogP contribution in [0.3, 0.4) is 0 Å². The molecule has 2 heterocycles. The molecule has 24 heavy (non-hydrogen) atoms. The number of amides is 1. The molecule has 3 rings (SSSR count). The summed E-state index contributed by atoms with van der Waals surface area (Å²) in [6.07, 6.45) is 4.17. The van der Waals surface area contributed by atoms with Crippen molar-refractivity contribution in [3.63, 3.8) is 0 Å². The summed E-state index contributed by atoms with van der Waals surface area (Å²) in [5.74, 6) is -1.31. The topological polar surface area (TPSA) is 93.4 Å². The monoisotopic (exact) mass is 369 g/mol. The zero-order valence-corrected chi connectivity index (χ0v) is 14.3. The highest BCUT2D eigenvalue weighted by molar-refractivity contribution is 7.89. The van der Waals surface area contributed by atoms with Crippen LogP contribution in [-0.2, 0) is 10.0 Å². The predicted octanol–water partition coefficient (Wildman–Crippen LogP) is 2.30. The Hall–Kier alpha value is -1.84. The summed E-state index contributed by atoms with van der Waals surface area (Å²) in [5.41, 5.74) is -0.287. The molecule has 1 amide bonds. The normalized spacial score (nSPS) is 18.6.